The lowest BCUT2D eigenvalue weighted by Gasteiger charge is -2.27. The number of aromatic nitrogens is 5. The van der Waals surface area contributed by atoms with E-state index >= 15 is 0 Å². The number of nitrogens with zero attached hydrogens (tertiary/aromatic N) is 6. The van der Waals surface area contributed by atoms with E-state index in [1.807, 2.05) is 0 Å². The molecule has 2 amide bonds. The molecule has 1 aliphatic heterocycles. The summed E-state index contributed by atoms with van der Waals surface area (Å²) in [5.74, 6) is -1.93. The molecule has 0 unspecified atom stereocenters. The highest BCUT2D eigenvalue weighted by Crippen LogP contribution is 2.33. The molecule has 0 aliphatic carbocycles. The van der Waals surface area contributed by atoms with Crippen LogP contribution in [-0.4, -0.2) is 48.2 Å². The Balaban J connectivity index is 1.54. The Kier molecular flexibility index (Phi) is 5.47. The van der Waals surface area contributed by atoms with Crippen molar-refractivity contribution in [3.05, 3.63) is 50.7 Å². The Hall–Kier alpha value is -2.94. The Morgan fingerprint density at radius 3 is 2.74 bits per heavy atom. The fourth-order valence-corrected chi connectivity index (χ4v) is 4.07. The van der Waals surface area contributed by atoms with Crippen LogP contribution in [0.1, 0.15) is 31.7 Å². The van der Waals surface area contributed by atoms with Gasteiger partial charge in [-0.3, -0.25) is 24.6 Å². The van der Waals surface area contributed by atoms with E-state index in [1.165, 1.54) is 27.9 Å². The number of hydrogen-bond donors (Lipinski definition) is 1. The summed E-state index contributed by atoms with van der Waals surface area (Å²) in [5.41, 5.74) is -0.0615. The van der Waals surface area contributed by atoms with Crippen LogP contribution in [0.2, 0.25) is 0 Å². The number of halogens is 5. The van der Waals surface area contributed by atoms with Crippen LogP contribution < -0.4 is 5.32 Å². The van der Waals surface area contributed by atoms with Crippen LogP contribution in [0.25, 0.3) is 0 Å². The third-order valence-electron chi connectivity index (χ3n) is 4.24. The first-order chi connectivity index (χ1) is 14.6. The van der Waals surface area contributed by atoms with Gasteiger partial charge in [0.2, 0.25) is 10.1 Å². The van der Waals surface area contributed by atoms with Crippen molar-refractivity contribution in [3.63, 3.8) is 0 Å². The van der Waals surface area contributed by atoms with Gasteiger partial charge in [-0.1, -0.05) is 11.3 Å². The summed E-state index contributed by atoms with van der Waals surface area (Å²) in [7, 11) is 0. The van der Waals surface area contributed by atoms with Gasteiger partial charge >= 0.3 is 6.18 Å². The molecule has 9 nitrogen and oxygen atoms in total. The normalized spacial score (nSPS) is 14.0. The second-order valence-corrected chi connectivity index (χ2v) is 8.03. The lowest BCUT2D eigenvalue weighted by atomic mass is 10.2. The standard InChI is InChI=1S/C16H10BrF4N7O2S/c17-9-10(12(29)23-15-25-24-14(31-15)16(19,20)21)26-28-5-4-27(13(30)11(9)28)6-8-7(18)2-1-3-22-8/h1-3H,4-6H2,(H,23,25,29). The number of amides is 2. The molecule has 4 heterocycles. The zero-order valence-electron chi connectivity index (χ0n) is 15.2. The highest BCUT2D eigenvalue weighted by atomic mass is 79.9. The van der Waals surface area contributed by atoms with E-state index in [0.29, 0.717) is 0 Å². The number of rotatable bonds is 4. The first kappa shape index (κ1) is 21.3. The minimum Gasteiger partial charge on any atom is -0.329 e. The second kappa shape index (κ2) is 7.96. The lowest BCUT2D eigenvalue weighted by molar-refractivity contribution is -0.138. The van der Waals surface area contributed by atoms with E-state index in [9.17, 15) is 27.2 Å². The first-order valence-corrected chi connectivity index (χ1v) is 10.1. The van der Waals surface area contributed by atoms with Crippen LogP contribution in [0.5, 0.6) is 0 Å². The van der Waals surface area contributed by atoms with Crippen molar-refractivity contribution in [1.82, 2.24) is 29.9 Å². The molecule has 0 radical (unpaired) electrons. The number of anilines is 1. The van der Waals surface area contributed by atoms with Crippen molar-refractivity contribution in [2.45, 2.75) is 19.3 Å². The van der Waals surface area contributed by atoms with E-state index < -0.39 is 28.8 Å². The molecule has 31 heavy (non-hydrogen) atoms. The first-order valence-electron chi connectivity index (χ1n) is 8.52. The van der Waals surface area contributed by atoms with Crippen molar-refractivity contribution in [1.29, 1.82) is 0 Å². The number of carbonyl (C=O) groups is 2. The molecule has 3 aromatic rings. The van der Waals surface area contributed by atoms with Crippen LogP contribution in [0.15, 0.2) is 22.8 Å². The molecule has 4 rings (SSSR count). The average molecular weight is 520 g/mol. The van der Waals surface area contributed by atoms with Gasteiger partial charge in [0, 0.05) is 12.7 Å². The molecule has 0 saturated carbocycles. The van der Waals surface area contributed by atoms with Crippen molar-refractivity contribution in [2.75, 3.05) is 11.9 Å². The third-order valence-corrected chi connectivity index (χ3v) is 5.88. The van der Waals surface area contributed by atoms with Gasteiger partial charge in [-0.2, -0.15) is 18.3 Å². The smallest absolute Gasteiger partial charge is 0.329 e. The number of nitrogens with one attached hydrogen (secondary N) is 1. The van der Waals surface area contributed by atoms with Crippen molar-refractivity contribution >= 4 is 44.2 Å². The molecule has 1 aliphatic rings. The number of pyridine rings is 1. The topological polar surface area (TPSA) is 106 Å². The largest absolute Gasteiger partial charge is 0.445 e. The Morgan fingerprint density at radius 2 is 2.06 bits per heavy atom. The molecule has 162 valence electrons. The Bertz CT molecular complexity index is 1180. The van der Waals surface area contributed by atoms with E-state index in [1.54, 1.807) is 0 Å². The quantitative estimate of drug-likeness (QED) is 0.531. The monoisotopic (exact) mass is 519 g/mol. The zero-order valence-corrected chi connectivity index (χ0v) is 17.6. The lowest BCUT2D eigenvalue weighted by Crippen LogP contribution is -2.40. The number of hydrogen-bond acceptors (Lipinski definition) is 7. The molecule has 0 bridgehead atoms. The predicted octanol–water partition coefficient (Wildman–Crippen LogP) is 2.96. The van der Waals surface area contributed by atoms with E-state index in [0.717, 1.165) is 0 Å². The molecule has 3 aromatic heterocycles. The molecule has 0 atom stereocenters. The molecule has 1 N–H and O–H groups in total. The predicted molar refractivity (Wildman–Crippen MR) is 102 cm³/mol. The second-order valence-electron chi connectivity index (χ2n) is 6.26. The van der Waals surface area contributed by atoms with Crippen molar-refractivity contribution in [2.24, 2.45) is 0 Å². The number of carbonyl (C=O) groups excluding carboxylic acids is 2. The van der Waals surface area contributed by atoms with Crippen LogP contribution in [0, 0.1) is 5.82 Å². The molecular formula is C16H10BrF4N7O2S. The summed E-state index contributed by atoms with van der Waals surface area (Å²) in [4.78, 5) is 30.6. The summed E-state index contributed by atoms with van der Waals surface area (Å²) in [6, 6.07) is 2.67. The SMILES string of the molecule is O=C(Nc1nnc(C(F)(F)F)s1)c1nn2c(c1Br)C(=O)N(Cc1ncccc1F)CC2. The average Bonchev–Trinajstić information content (AvgIpc) is 3.30. The van der Waals surface area contributed by atoms with Crippen LogP contribution in [0.4, 0.5) is 22.7 Å². The Morgan fingerprint density at radius 1 is 1.29 bits per heavy atom. The molecule has 0 aromatic carbocycles. The van der Waals surface area contributed by atoms with Crippen molar-refractivity contribution in [3.8, 4) is 0 Å². The summed E-state index contributed by atoms with van der Waals surface area (Å²) in [6.45, 7) is 0.344. The summed E-state index contributed by atoms with van der Waals surface area (Å²) in [5, 5.41) is 11.0. The maximum Gasteiger partial charge on any atom is 0.445 e. The highest BCUT2D eigenvalue weighted by molar-refractivity contribution is 9.10. The van der Waals surface area contributed by atoms with Gasteiger partial charge in [0.25, 0.3) is 11.8 Å². The summed E-state index contributed by atoms with van der Waals surface area (Å²) in [6.07, 6.45) is -3.27. The Labute approximate surface area is 183 Å². The van der Waals surface area contributed by atoms with Crippen LogP contribution in [-0.2, 0) is 19.3 Å². The van der Waals surface area contributed by atoms with Gasteiger partial charge in [-0.05, 0) is 28.1 Å². The maximum absolute atomic E-state index is 13.9. The van der Waals surface area contributed by atoms with Crippen molar-refractivity contribution < 1.29 is 27.2 Å². The van der Waals surface area contributed by atoms with Gasteiger partial charge in [0.05, 0.1) is 23.3 Å². The van der Waals surface area contributed by atoms with E-state index in [4.69, 9.17) is 0 Å². The van der Waals surface area contributed by atoms with Gasteiger partial charge in [0.15, 0.2) is 5.69 Å². The minimum absolute atomic E-state index is 0.0565. The number of alkyl halides is 3. The summed E-state index contributed by atoms with van der Waals surface area (Å²) >= 11 is 3.32. The number of fused-ring (bicyclic) bond motifs is 1. The minimum atomic E-state index is -4.68. The zero-order chi connectivity index (χ0) is 22.3. The van der Waals surface area contributed by atoms with Gasteiger partial charge in [-0.15, -0.1) is 10.2 Å². The van der Waals surface area contributed by atoms with Gasteiger partial charge in [-0.25, -0.2) is 4.39 Å². The fourth-order valence-electron chi connectivity index (χ4n) is 2.83. The third kappa shape index (κ3) is 4.14. The van der Waals surface area contributed by atoms with Gasteiger partial charge in [0.1, 0.15) is 11.5 Å². The molecule has 0 spiro atoms. The summed E-state index contributed by atoms with van der Waals surface area (Å²) < 4.78 is 53.2. The van der Waals surface area contributed by atoms with Gasteiger partial charge < -0.3 is 4.90 Å². The highest BCUT2D eigenvalue weighted by Gasteiger charge is 2.36. The van der Waals surface area contributed by atoms with Crippen LogP contribution in [0.3, 0.4) is 0 Å². The molecule has 15 heteroatoms. The van der Waals surface area contributed by atoms with E-state index in [2.05, 4.69) is 41.5 Å². The van der Waals surface area contributed by atoms with Crippen LogP contribution >= 0.6 is 27.3 Å². The fraction of sp³-hybridized carbons (Fsp3) is 0.250. The molecule has 0 fully saturated rings. The van der Waals surface area contributed by atoms with E-state index in [-0.39, 0.29) is 57.7 Å². The maximum atomic E-state index is 13.9. The molecule has 0 saturated heterocycles. The molecular weight excluding hydrogens is 510 g/mol.